The van der Waals surface area contributed by atoms with Crippen molar-refractivity contribution < 1.29 is 8.42 Å². The van der Waals surface area contributed by atoms with Crippen LogP contribution in [0.4, 0.5) is 5.82 Å². The number of hydrogen-bond acceptors (Lipinski definition) is 4. The molecule has 1 rings (SSSR count). The number of nitrogens with two attached hydrogens (primary N) is 1. The van der Waals surface area contributed by atoms with Gasteiger partial charge in [0, 0.05) is 18.8 Å². The molecule has 0 spiro atoms. The zero-order valence-corrected chi connectivity index (χ0v) is 12.2. The van der Waals surface area contributed by atoms with Crippen molar-refractivity contribution in [3.8, 4) is 0 Å². The maximum atomic E-state index is 12.2. The van der Waals surface area contributed by atoms with Crippen LogP contribution in [-0.2, 0) is 16.6 Å². The Labute approximate surface area is 109 Å². The first kappa shape index (κ1) is 15.0. The van der Waals surface area contributed by atoms with Crippen LogP contribution in [0.25, 0.3) is 0 Å². The van der Waals surface area contributed by atoms with Crippen molar-refractivity contribution in [1.29, 1.82) is 0 Å². The van der Waals surface area contributed by atoms with E-state index in [1.165, 1.54) is 10.9 Å². The highest BCUT2D eigenvalue weighted by atomic mass is 32.2. The maximum absolute atomic E-state index is 12.2. The van der Waals surface area contributed by atoms with E-state index in [2.05, 4.69) is 9.82 Å². The van der Waals surface area contributed by atoms with Gasteiger partial charge in [-0.3, -0.25) is 4.68 Å². The lowest BCUT2D eigenvalue weighted by molar-refractivity contribution is 0.437. The molecule has 0 amide bonds. The summed E-state index contributed by atoms with van der Waals surface area (Å²) in [5.74, 6) is 0.273. The second-order valence-electron chi connectivity index (χ2n) is 4.61. The number of hydrogen-bond donors (Lipinski definition) is 2. The van der Waals surface area contributed by atoms with Crippen LogP contribution in [0.3, 0.4) is 0 Å². The van der Waals surface area contributed by atoms with Crippen LogP contribution in [0.2, 0.25) is 0 Å². The van der Waals surface area contributed by atoms with Crippen molar-refractivity contribution >= 4 is 15.8 Å². The summed E-state index contributed by atoms with van der Waals surface area (Å²) in [4.78, 5) is 0.0588. The second kappa shape index (κ2) is 5.71. The van der Waals surface area contributed by atoms with Crippen molar-refractivity contribution in [2.24, 2.45) is 5.92 Å². The summed E-state index contributed by atoms with van der Waals surface area (Å²) in [6.07, 6.45) is 2.20. The number of anilines is 1. The normalized spacial score (nSPS) is 14.1. The topological polar surface area (TPSA) is 90.0 Å². The fourth-order valence-corrected chi connectivity index (χ4v) is 3.28. The van der Waals surface area contributed by atoms with E-state index in [0.717, 1.165) is 6.42 Å². The molecule has 0 saturated carbocycles. The molecule has 1 heterocycles. The van der Waals surface area contributed by atoms with Gasteiger partial charge in [-0.15, -0.1) is 0 Å². The Bertz CT molecular complexity index is 493. The second-order valence-corrected chi connectivity index (χ2v) is 6.30. The van der Waals surface area contributed by atoms with Crippen molar-refractivity contribution in [2.75, 3.05) is 5.73 Å². The van der Waals surface area contributed by atoms with E-state index in [0.29, 0.717) is 6.54 Å². The lowest BCUT2D eigenvalue weighted by Crippen LogP contribution is -2.38. The first-order valence-electron chi connectivity index (χ1n) is 6.17. The molecule has 0 aliphatic carbocycles. The first-order valence-corrected chi connectivity index (χ1v) is 7.65. The van der Waals surface area contributed by atoms with Crippen LogP contribution in [0.5, 0.6) is 0 Å². The summed E-state index contributed by atoms with van der Waals surface area (Å²) in [5, 5.41) is 3.95. The standard InChI is InChI=1S/C11H22N4O2S/c1-5-9(8(3)4)14-18(16,17)10-7-15(6-2)13-11(10)12/h7-9,14H,5-6H2,1-4H3,(H2,12,13). The first-order chi connectivity index (χ1) is 8.31. The molecule has 3 N–H and O–H groups in total. The summed E-state index contributed by atoms with van der Waals surface area (Å²) < 4.78 is 28.6. The zero-order valence-electron chi connectivity index (χ0n) is 11.3. The summed E-state index contributed by atoms with van der Waals surface area (Å²) in [5.41, 5.74) is 5.65. The van der Waals surface area contributed by atoms with Gasteiger partial charge in [0.1, 0.15) is 4.90 Å². The van der Waals surface area contributed by atoms with E-state index in [1.54, 1.807) is 0 Å². The molecule has 1 unspecified atom stereocenters. The highest BCUT2D eigenvalue weighted by Gasteiger charge is 2.25. The number of sulfonamides is 1. The van der Waals surface area contributed by atoms with Crippen LogP contribution >= 0.6 is 0 Å². The Hall–Kier alpha value is -1.08. The van der Waals surface area contributed by atoms with Gasteiger partial charge in [-0.2, -0.15) is 5.10 Å². The average Bonchev–Trinajstić information content (AvgIpc) is 2.68. The Morgan fingerprint density at radius 3 is 2.44 bits per heavy atom. The third-order valence-corrected chi connectivity index (χ3v) is 4.43. The molecular formula is C11H22N4O2S. The van der Waals surface area contributed by atoms with Gasteiger partial charge in [-0.25, -0.2) is 13.1 Å². The SMILES string of the molecule is CCC(NS(=O)(=O)c1cn(CC)nc1N)C(C)C. The molecule has 1 aromatic rings. The lowest BCUT2D eigenvalue weighted by atomic mass is 10.0. The molecule has 0 radical (unpaired) electrons. The molecule has 104 valence electrons. The monoisotopic (exact) mass is 274 g/mol. The summed E-state index contributed by atoms with van der Waals surface area (Å²) in [7, 11) is -3.59. The Morgan fingerprint density at radius 1 is 1.44 bits per heavy atom. The third kappa shape index (κ3) is 3.23. The summed E-state index contributed by atoms with van der Waals surface area (Å²) in [6, 6.07) is -0.0978. The number of nitrogen functional groups attached to an aromatic ring is 1. The predicted octanol–water partition coefficient (Wildman–Crippen LogP) is 1.20. The van der Waals surface area contributed by atoms with E-state index < -0.39 is 10.0 Å². The number of nitrogens with zero attached hydrogens (tertiary/aromatic N) is 2. The van der Waals surface area contributed by atoms with Gasteiger partial charge < -0.3 is 5.73 Å². The van der Waals surface area contributed by atoms with Gasteiger partial charge in [0.05, 0.1) is 0 Å². The average molecular weight is 274 g/mol. The van der Waals surface area contributed by atoms with Crippen LogP contribution in [0, 0.1) is 5.92 Å². The molecule has 7 heteroatoms. The van der Waals surface area contributed by atoms with Gasteiger partial charge in [0.15, 0.2) is 5.82 Å². The molecule has 0 bridgehead atoms. The quantitative estimate of drug-likeness (QED) is 0.815. The van der Waals surface area contributed by atoms with Gasteiger partial charge in [-0.1, -0.05) is 20.8 Å². The van der Waals surface area contributed by atoms with Crippen molar-refractivity contribution in [3.63, 3.8) is 0 Å². The number of aryl methyl sites for hydroxylation is 1. The minimum absolute atomic E-state index is 0.0444. The zero-order chi connectivity index (χ0) is 13.9. The maximum Gasteiger partial charge on any atom is 0.246 e. The minimum atomic E-state index is -3.59. The number of rotatable bonds is 6. The van der Waals surface area contributed by atoms with Crippen molar-refractivity contribution in [2.45, 2.75) is 51.6 Å². The van der Waals surface area contributed by atoms with E-state index in [4.69, 9.17) is 5.73 Å². The molecule has 0 aromatic carbocycles. The van der Waals surface area contributed by atoms with Crippen molar-refractivity contribution in [3.05, 3.63) is 6.20 Å². The van der Waals surface area contributed by atoms with Crippen LogP contribution in [-0.4, -0.2) is 24.2 Å². The van der Waals surface area contributed by atoms with Crippen LogP contribution in [0.1, 0.15) is 34.1 Å². The molecule has 1 atom stereocenters. The van der Waals surface area contributed by atoms with Gasteiger partial charge in [0.2, 0.25) is 10.0 Å². The predicted molar refractivity (Wildman–Crippen MR) is 71.6 cm³/mol. The Balaban J connectivity index is 3.02. The van der Waals surface area contributed by atoms with Gasteiger partial charge >= 0.3 is 0 Å². The highest BCUT2D eigenvalue weighted by Crippen LogP contribution is 2.18. The molecular weight excluding hydrogens is 252 g/mol. The van der Waals surface area contributed by atoms with E-state index in [-0.39, 0.29) is 22.7 Å². The largest absolute Gasteiger partial charge is 0.381 e. The van der Waals surface area contributed by atoms with E-state index in [1.807, 2.05) is 27.7 Å². The molecule has 0 aliphatic rings. The van der Waals surface area contributed by atoms with Gasteiger partial charge in [-0.05, 0) is 19.3 Å². The fourth-order valence-electron chi connectivity index (χ4n) is 1.74. The number of nitrogens with one attached hydrogen (secondary N) is 1. The van der Waals surface area contributed by atoms with Crippen LogP contribution in [0.15, 0.2) is 11.1 Å². The molecule has 6 nitrogen and oxygen atoms in total. The third-order valence-electron chi connectivity index (χ3n) is 2.92. The molecule has 0 fully saturated rings. The fraction of sp³-hybridized carbons (Fsp3) is 0.727. The van der Waals surface area contributed by atoms with E-state index in [9.17, 15) is 8.42 Å². The Kier molecular flexibility index (Phi) is 4.75. The van der Waals surface area contributed by atoms with Gasteiger partial charge in [0.25, 0.3) is 0 Å². The van der Waals surface area contributed by atoms with Crippen molar-refractivity contribution in [1.82, 2.24) is 14.5 Å². The number of aromatic nitrogens is 2. The summed E-state index contributed by atoms with van der Waals surface area (Å²) >= 11 is 0. The summed E-state index contributed by atoms with van der Waals surface area (Å²) in [6.45, 7) is 8.37. The lowest BCUT2D eigenvalue weighted by Gasteiger charge is -2.20. The minimum Gasteiger partial charge on any atom is -0.381 e. The van der Waals surface area contributed by atoms with Crippen LogP contribution < -0.4 is 10.5 Å². The molecule has 1 aromatic heterocycles. The molecule has 18 heavy (non-hydrogen) atoms. The Morgan fingerprint density at radius 2 is 2.06 bits per heavy atom. The smallest absolute Gasteiger partial charge is 0.246 e. The molecule has 0 aliphatic heterocycles. The molecule has 0 saturated heterocycles. The van der Waals surface area contributed by atoms with E-state index >= 15 is 0 Å². The highest BCUT2D eigenvalue weighted by molar-refractivity contribution is 7.89.